The van der Waals surface area contributed by atoms with Crippen molar-refractivity contribution in [2.24, 2.45) is 0 Å². The number of nitrogens with zero attached hydrogens (tertiary/aromatic N) is 2. The zero-order valence-electron chi connectivity index (χ0n) is 21.5. The lowest BCUT2D eigenvalue weighted by molar-refractivity contribution is -0.124. The van der Waals surface area contributed by atoms with E-state index in [0.29, 0.717) is 28.4 Å². The number of rotatable bonds is 3. The molecule has 0 spiro atoms. The van der Waals surface area contributed by atoms with Crippen molar-refractivity contribution in [1.29, 1.82) is 0 Å². The van der Waals surface area contributed by atoms with Crippen LogP contribution in [0.15, 0.2) is 60.9 Å². The average molecular weight is 533 g/mol. The van der Waals surface area contributed by atoms with Crippen LogP contribution in [-0.2, 0) is 11.3 Å². The fourth-order valence-electron chi connectivity index (χ4n) is 4.59. The predicted molar refractivity (Wildman–Crippen MR) is 139 cm³/mol. The summed E-state index contributed by atoms with van der Waals surface area (Å²) in [6, 6.07) is 12.9. The molecule has 3 aliphatic heterocycles. The van der Waals surface area contributed by atoms with Gasteiger partial charge in [-0.3, -0.25) is 19.4 Å². The van der Waals surface area contributed by atoms with Crippen LogP contribution in [0.4, 0.5) is 0 Å². The van der Waals surface area contributed by atoms with E-state index in [-0.39, 0.29) is 43.8 Å². The zero-order chi connectivity index (χ0) is 27.4. The molecule has 4 bridgehead atoms. The van der Waals surface area contributed by atoms with E-state index in [1.54, 1.807) is 53.6 Å². The number of nitrogens with one attached hydrogen (secondary N) is 2. The molecule has 3 amide bonds. The third-order valence-electron chi connectivity index (χ3n) is 6.58. The van der Waals surface area contributed by atoms with Crippen LogP contribution < -0.4 is 29.6 Å². The van der Waals surface area contributed by atoms with Gasteiger partial charge in [0.15, 0.2) is 18.1 Å². The second-order valence-corrected chi connectivity index (χ2v) is 9.09. The van der Waals surface area contributed by atoms with Crippen molar-refractivity contribution < 1.29 is 33.3 Å². The summed E-state index contributed by atoms with van der Waals surface area (Å²) in [6.07, 6.45) is 2.56. The molecule has 1 aromatic heterocycles. The molecule has 2 N–H and O–H groups in total. The van der Waals surface area contributed by atoms with Gasteiger partial charge in [-0.1, -0.05) is 0 Å². The second kappa shape index (κ2) is 11.3. The van der Waals surface area contributed by atoms with Gasteiger partial charge in [-0.2, -0.15) is 0 Å². The van der Waals surface area contributed by atoms with Crippen molar-refractivity contribution in [2.75, 3.05) is 33.9 Å². The molecule has 4 heterocycles. The highest BCUT2D eigenvalue weighted by Gasteiger charge is 2.38. The maximum Gasteiger partial charge on any atom is 0.258 e. The molecule has 3 aliphatic rings. The number of amides is 3. The summed E-state index contributed by atoms with van der Waals surface area (Å²) < 4.78 is 22.9. The van der Waals surface area contributed by atoms with E-state index in [2.05, 4.69) is 15.6 Å². The van der Waals surface area contributed by atoms with Gasteiger partial charge in [-0.15, -0.1) is 0 Å². The Morgan fingerprint density at radius 1 is 1.05 bits per heavy atom. The van der Waals surface area contributed by atoms with E-state index in [4.69, 9.17) is 18.9 Å². The standard InChI is InChI=1S/C28H28N4O7/c1-36-22-8-6-17-10-24(22)38-16-26(33)31-21-14-32(28(35)19-4-3-9-29-12-19)15-25(21)39-20-7-5-18(13-30-27(17)34)23(11-20)37-2/h3-12,21,25H,13-16H2,1-2H3,(H,30,34)(H,31,33)/t21-,25-/m1/s1. The van der Waals surface area contributed by atoms with Crippen molar-refractivity contribution >= 4 is 17.7 Å². The van der Waals surface area contributed by atoms with Gasteiger partial charge in [0.2, 0.25) is 0 Å². The molecule has 11 heteroatoms. The maximum atomic E-state index is 13.1. The van der Waals surface area contributed by atoms with Crippen molar-refractivity contribution in [2.45, 2.75) is 18.7 Å². The Kier molecular flexibility index (Phi) is 7.48. The summed E-state index contributed by atoms with van der Waals surface area (Å²) in [5, 5.41) is 5.80. The Morgan fingerprint density at radius 3 is 2.67 bits per heavy atom. The number of aromatic nitrogens is 1. The first-order valence-electron chi connectivity index (χ1n) is 12.4. The Balaban J connectivity index is 1.46. The molecule has 2 atom stereocenters. The third kappa shape index (κ3) is 5.71. The lowest BCUT2D eigenvalue weighted by Gasteiger charge is -2.22. The van der Waals surface area contributed by atoms with Crippen LogP contribution >= 0.6 is 0 Å². The Hall–Kier alpha value is -4.80. The Morgan fingerprint density at radius 2 is 1.90 bits per heavy atom. The number of benzene rings is 2. The predicted octanol–water partition coefficient (Wildman–Crippen LogP) is 1.81. The summed E-state index contributed by atoms with van der Waals surface area (Å²) in [6.45, 7) is 0.361. The number of likely N-dealkylation sites (tertiary alicyclic amines) is 1. The molecule has 3 aromatic rings. The van der Waals surface area contributed by atoms with Gasteiger partial charge in [-0.05, 0) is 42.5 Å². The number of hydrogen-bond donors (Lipinski definition) is 2. The van der Waals surface area contributed by atoms with E-state index in [0.717, 1.165) is 5.56 Å². The van der Waals surface area contributed by atoms with E-state index in [1.807, 2.05) is 0 Å². The molecule has 202 valence electrons. The Bertz CT molecular complexity index is 1380. The van der Waals surface area contributed by atoms with Crippen molar-refractivity contribution in [3.63, 3.8) is 0 Å². The SMILES string of the molecule is COc1cc2ccc1CNC(=O)c1ccc(OC)c(c1)OCC(=O)N[C@@H]1CN(C(=O)c3cccnc3)C[C@H]1O2. The van der Waals surface area contributed by atoms with Gasteiger partial charge >= 0.3 is 0 Å². The molecule has 6 rings (SSSR count). The number of carbonyl (C=O) groups excluding carboxylic acids is 3. The average Bonchev–Trinajstić information content (AvgIpc) is 3.36. The molecule has 0 radical (unpaired) electrons. The third-order valence-corrected chi connectivity index (χ3v) is 6.58. The van der Waals surface area contributed by atoms with E-state index < -0.39 is 18.1 Å². The highest BCUT2D eigenvalue weighted by molar-refractivity contribution is 5.95. The highest BCUT2D eigenvalue weighted by atomic mass is 16.5. The molecule has 39 heavy (non-hydrogen) atoms. The number of methoxy groups -OCH3 is 2. The van der Waals surface area contributed by atoms with Gasteiger partial charge in [0.25, 0.3) is 17.7 Å². The molecular weight excluding hydrogens is 504 g/mol. The molecular formula is C28H28N4O7. The molecule has 0 saturated carbocycles. The van der Waals surface area contributed by atoms with Gasteiger partial charge in [0.05, 0.1) is 32.4 Å². The lowest BCUT2D eigenvalue weighted by atomic mass is 10.1. The number of pyridine rings is 1. The van der Waals surface area contributed by atoms with Crippen LogP contribution in [0.3, 0.4) is 0 Å². The van der Waals surface area contributed by atoms with Gasteiger partial charge < -0.3 is 34.5 Å². The summed E-state index contributed by atoms with van der Waals surface area (Å²) in [5.41, 5.74) is 1.54. The molecule has 1 saturated heterocycles. The molecule has 0 unspecified atom stereocenters. The summed E-state index contributed by atoms with van der Waals surface area (Å²) in [4.78, 5) is 44.6. The minimum atomic E-state index is -0.543. The zero-order valence-corrected chi connectivity index (χ0v) is 21.5. The summed E-state index contributed by atoms with van der Waals surface area (Å²) >= 11 is 0. The minimum Gasteiger partial charge on any atom is -0.496 e. The quantitative estimate of drug-likeness (QED) is 0.523. The second-order valence-electron chi connectivity index (χ2n) is 9.09. The fourth-order valence-corrected chi connectivity index (χ4v) is 4.59. The highest BCUT2D eigenvalue weighted by Crippen LogP contribution is 2.30. The van der Waals surface area contributed by atoms with Gasteiger partial charge in [-0.25, -0.2) is 0 Å². The van der Waals surface area contributed by atoms with Crippen LogP contribution in [0.2, 0.25) is 0 Å². The van der Waals surface area contributed by atoms with Gasteiger partial charge in [0, 0.05) is 42.7 Å². The van der Waals surface area contributed by atoms with Crippen molar-refractivity contribution in [1.82, 2.24) is 20.5 Å². The van der Waals surface area contributed by atoms with Crippen LogP contribution in [-0.4, -0.2) is 73.7 Å². The fraction of sp³-hybridized carbons (Fsp3) is 0.286. The van der Waals surface area contributed by atoms with Crippen LogP contribution in [0.1, 0.15) is 26.3 Å². The number of carbonyl (C=O) groups is 3. The first kappa shape index (κ1) is 25.8. The van der Waals surface area contributed by atoms with Gasteiger partial charge in [0.1, 0.15) is 17.6 Å². The topological polar surface area (TPSA) is 128 Å². The monoisotopic (exact) mass is 532 g/mol. The van der Waals surface area contributed by atoms with Crippen LogP contribution in [0.25, 0.3) is 0 Å². The summed E-state index contributed by atoms with van der Waals surface area (Å²) in [7, 11) is 3.01. The number of hydrogen-bond acceptors (Lipinski definition) is 8. The van der Waals surface area contributed by atoms with Crippen molar-refractivity contribution in [3.8, 4) is 23.0 Å². The number of fused-ring (bicyclic) bond motifs is 7. The molecule has 11 nitrogen and oxygen atoms in total. The molecule has 1 fully saturated rings. The maximum absolute atomic E-state index is 13.1. The lowest BCUT2D eigenvalue weighted by Crippen LogP contribution is -2.46. The normalized spacial score (nSPS) is 19.1. The first-order chi connectivity index (χ1) is 18.9. The van der Waals surface area contributed by atoms with E-state index in [9.17, 15) is 14.4 Å². The largest absolute Gasteiger partial charge is 0.496 e. The van der Waals surface area contributed by atoms with Crippen molar-refractivity contribution in [3.05, 3.63) is 77.6 Å². The molecule has 0 aliphatic carbocycles. The first-order valence-corrected chi connectivity index (χ1v) is 12.4. The van der Waals surface area contributed by atoms with E-state index >= 15 is 0 Å². The minimum absolute atomic E-state index is 0.211. The smallest absolute Gasteiger partial charge is 0.258 e. The molecule has 2 aromatic carbocycles. The summed E-state index contributed by atoms with van der Waals surface area (Å²) in [5.74, 6) is 0.696. The Labute approximate surface area is 225 Å². The number of ether oxygens (including phenoxy) is 4. The van der Waals surface area contributed by atoms with E-state index in [1.165, 1.54) is 26.5 Å². The van der Waals surface area contributed by atoms with Crippen LogP contribution in [0.5, 0.6) is 23.0 Å². The van der Waals surface area contributed by atoms with Crippen LogP contribution in [0, 0.1) is 0 Å².